The monoisotopic (exact) mass is 216 g/mol. The van der Waals surface area contributed by atoms with Gasteiger partial charge in [-0.15, -0.1) is 0 Å². The standard InChI is InChI=1S/C11H24N2O2/c1-10(8-12-5-7-14-2)13-6-4-11(9-13)15-3/h10-12H,4-9H2,1-3H3. The molecule has 0 saturated carbocycles. The average Bonchev–Trinajstić information content (AvgIpc) is 2.72. The minimum Gasteiger partial charge on any atom is -0.383 e. The molecule has 1 fully saturated rings. The van der Waals surface area contributed by atoms with Crippen LogP contribution in [0.2, 0.25) is 0 Å². The van der Waals surface area contributed by atoms with Crippen LogP contribution in [0.4, 0.5) is 0 Å². The molecule has 0 aromatic carbocycles. The van der Waals surface area contributed by atoms with Crippen LogP contribution in [0.15, 0.2) is 0 Å². The maximum absolute atomic E-state index is 5.35. The molecule has 15 heavy (non-hydrogen) atoms. The Morgan fingerprint density at radius 2 is 2.27 bits per heavy atom. The van der Waals surface area contributed by atoms with Crippen molar-refractivity contribution in [3.63, 3.8) is 0 Å². The molecule has 4 heteroatoms. The molecule has 0 bridgehead atoms. The molecule has 4 nitrogen and oxygen atoms in total. The molecule has 0 spiro atoms. The number of rotatable bonds is 7. The van der Waals surface area contributed by atoms with E-state index in [1.165, 1.54) is 6.42 Å². The Hall–Kier alpha value is -0.160. The van der Waals surface area contributed by atoms with Crippen molar-refractivity contribution in [2.45, 2.75) is 25.5 Å². The molecule has 1 saturated heterocycles. The van der Waals surface area contributed by atoms with Gasteiger partial charge in [-0.1, -0.05) is 0 Å². The first kappa shape index (κ1) is 12.9. The second kappa shape index (κ2) is 7.17. The lowest BCUT2D eigenvalue weighted by atomic mass is 10.3. The Kier molecular flexibility index (Phi) is 6.17. The number of ether oxygens (including phenoxy) is 2. The van der Waals surface area contributed by atoms with Crippen molar-refractivity contribution in [2.24, 2.45) is 0 Å². The molecule has 1 heterocycles. The van der Waals surface area contributed by atoms with E-state index >= 15 is 0 Å². The fraction of sp³-hybridized carbons (Fsp3) is 1.00. The lowest BCUT2D eigenvalue weighted by molar-refractivity contribution is 0.102. The van der Waals surface area contributed by atoms with E-state index in [2.05, 4.69) is 17.1 Å². The normalized spacial score (nSPS) is 24.6. The highest BCUT2D eigenvalue weighted by Gasteiger charge is 2.25. The van der Waals surface area contributed by atoms with Crippen LogP contribution in [-0.4, -0.2) is 64.1 Å². The van der Waals surface area contributed by atoms with Gasteiger partial charge in [0.2, 0.25) is 0 Å². The molecule has 0 aliphatic carbocycles. The van der Waals surface area contributed by atoms with Crippen LogP contribution in [0, 0.1) is 0 Å². The summed E-state index contributed by atoms with van der Waals surface area (Å²) in [5.74, 6) is 0. The van der Waals surface area contributed by atoms with E-state index < -0.39 is 0 Å². The van der Waals surface area contributed by atoms with Crippen LogP contribution < -0.4 is 5.32 Å². The molecule has 1 aliphatic rings. The van der Waals surface area contributed by atoms with Crippen LogP contribution >= 0.6 is 0 Å². The van der Waals surface area contributed by atoms with Gasteiger partial charge in [-0.05, 0) is 13.3 Å². The molecule has 0 amide bonds. The fourth-order valence-electron chi connectivity index (χ4n) is 1.96. The highest BCUT2D eigenvalue weighted by Crippen LogP contribution is 2.14. The zero-order valence-corrected chi connectivity index (χ0v) is 10.2. The molecule has 2 unspecified atom stereocenters. The Bertz CT molecular complexity index is 167. The third-order valence-corrected chi connectivity index (χ3v) is 3.06. The summed E-state index contributed by atoms with van der Waals surface area (Å²) in [7, 11) is 3.53. The minimum absolute atomic E-state index is 0.437. The number of methoxy groups -OCH3 is 2. The molecule has 0 aromatic heterocycles. The predicted molar refractivity (Wildman–Crippen MR) is 61.2 cm³/mol. The smallest absolute Gasteiger partial charge is 0.0710 e. The summed E-state index contributed by atoms with van der Waals surface area (Å²) in [4.78, 5) is 2.48. The third-order valence-electron chi connectivity index (χ3n) is 3.06. The fourth-order valence-corrected chi connectivity index (χ4v) is 1.96. The van der Waals surface area contributed by atoms with Gasteiger partial charge < -0.3 is 14.8 Å². The van der Waals surface area contributed by atoms with Crippen molar-refractivity contribution in [3.05, 3.63) is 0 Å². The number of hydrogen-bond acceptors (Lipinski definition) is 4. The van der Waals surface area contributed by atoms with Crippen molar-refractivity contribution < 1.29 is 9.47 Å². The summed E-state index contributed by atoms with van der Waals surface area (Å²) in [6, 6.07) is 0.585. The van der Waals surface area contributed by atoms with Gasteiger partial charge >= 0.3 is 0 Å². The second-order valence-electron chi connectivity index (χ2n) is 4.19. The van der Waals surface area contributed by atoms with Crippen molar-refractivity contribution in [1.29, 1.82) is 0 Å². The zero-order valence-electron chi connectivity index (χ0n) is 10.2. The van der Waals surface area contributed by atoms with Gasteiger partial charge in [0, 0.05) is 46.4 Å². The topological polar surface area (TPSA) is 33.7 Å². The van der Waals surface area contributed by atoms with Gasteiger partial charge in [0.25, 0.3) is 0 Å². The Morgan fingerprint density at radius 1 is 1.47 bits per heavy atom. The molecule has 1 N–H and O–H groups in total. The maximum Gasteiger partial charge on any atom is 0.0710 e. The lowest BCUT2D eigenvalue weighted by Crippen LogP contribution is -2.40. The molecule has 1 aliphatic heterocycles. The predicted octanol–water partition coefficient (Wildman–Crippen LogP) is 0.332. The summed E-state index contributed by atoms with van der Waals surface area (Å²) in [6.07, 6.45) is 1.60. The zero-order chi connectivity index (χ0) is 11.1. The van der Waals surface area contributed by atoms with Crippen molar-refractivity contribution >= 4 is 0 Å². The molecular weight excluding hydrogens is 192 g/mol. The lowest BCUT2D eigenvalue weighted by Gasteiger charge is -2.24. The summed E-state index contributed by atoms with van der Waals surface area (Å²) in [6.45, 7) is 7.24. The van der Waals surface area contributed by atoms with E-state index in [0.717, 1.165) is 32.8 Å². The largest absolute Gasteiger partial charge is 0.383 e. The molecule has 0 aromatic rings. The summed E-state index contributed by atoms with van der Waals surface area (Å²) in [5.41, 5.74) is 0. The van der Waals surface area contributed by atoms with Gasteiger partial charge in [0.1, 0.15) is 0 Å². The van der Waals surface area contributed by atoms with E-state index in [1.54, 1.807) is 14.2 Å². The molecule has 2 atom stereocenters. The summed E-state index contributed by atoms with van der Waals surface area (Å²) >= 11 is 0. The van der Waals surface area contributed by atoms with Gasteiger partial charge in [-0.25, -0.2) is 0 Å². The molecule has 1 rings (SSSR count). The SMILES string of the molecule is COCCNCC(C)N1CCC(OC)C1. The van der Waals surface area contributed by atoms with Crippen molar-refractivity contribution in [1.82, 2.24) is 10.2 Å². The highest BCUT2D eigenvalue weighted by molar-refractivity contribution is 4.80. The van der Waals surface area contributed by atoms with Crippen molar-refractivity contribution in [2.75, 3.05) is 47.0 Å². The van der Waals surface area contributed by atoms with Crippen LogP contribution in [-0.2, 0) is 9.47 Å². The number of hydrogen-bond donors (Lipinski definition) is 1. The number of likely N-dealkylation sites (tertiary alicyclic amines) is 1. The quantitative estimate of drug-likeness (QED) is 0.622. The molecular formula is C11H24N2O2. The Balaban J connectivity index is 2.09. The van der Waals surface area contributed by atoms with Gasteiger partial charge in [-0.3, -0.25) is 4.90 Å². The summed E-state index contributed by atoms with van der Waals surface area (Å²) in [5, 5.41) is 3.39. The molecule has 0 radical (unpaired) electrons. The van der Waals surface area contributed by atoms with Crippen molar-refractivity contribution in [3.8, 4) is 0 Å². The van der Waals surface area contributed by atoms with E-state index in [1.807, 2.05) is 0 Å². The summed E-state index contributed by atoms with van der Waals surface area (Å²) < 4.78 is 10.3. The van der Waals surface area contributed by atoms with Gasteiger partial charge in [-0.2, -0.15) is 0 Å². The first-order valence-electron chi connectivity index (χ1n) is 5.74. The van der Waals surface area contributed by atoms with E-state index in [0.29, 0.717) is 12.1 Å². The molecule has 90 valence electrons. The van der Waals surface area contributed by atoms with Crippen LogP contribution in [0.5, 0.6) is 0 Å². The van der Waals surface area contributed by atoms with Crippen LogP contribution in [0.25, 0.3) is 0 Å². The first-order chi connectivity index (χ1) is 7.27. The number of nitrogens with zero attached hydrogens (tertiary/aromatic N) is 1. The maximum atomic E-state index is 5.35. The number of nitrogens with one attached hydrogen (secondary N) is 1. The highest BCUT2D eigenvalue weighted by atomic mass is 16.5. The Morgan fingerprint density at radius 3 is 2.87 bits per heavy atom. The first-order valence-corrected chi connectivity index (χ1v) is 5.74. The average molecular weight is 216 g/mol. The Labute approximate surface area is 92.9 Å². The minimum atomic E-state index is 0.437. The van der Waals surface area contributed by atoms with Crippen LogP contribution in [0.3, 0.4) is 0 Å². The van der Waals surface area contributed by atoms with Gasteiger partial charge in [0.05, 0.1) is 12.7 Å². The third kappa shape index (κ3) is 4.47. The van der Waals surface area contributed by atoms with E-state index in [4.69, 9.17) is 9.47 Å². The van der Waals surface area contributed by atoms with Crippen LogP contribution in [0.1, 0.15) is 13.3 Å². The van der Waals surface area contributed by atoms with Gasteiger partial charge in [0.15, 0.2) is 0 Å². The van der Waals surface area contributed by atoms with E-state index in [9.17, 15) is 0 Å². The van der Waals surface area contributed by atoms with E-state index in [-0.39, 0.29) is 0 Å². The second-order valence-corrected chi connectivity index (χ2v) is 4.19.